The number of aliphatic imine (C=N–C) groups is 1. The van der Waals surface area contributed by atoms with E-state index in [4.69, 9.17) is 9.73 Å². The van der Waals surface area contributed by atoms with Gasteiger partial charge in [0.25, 0.3) is 0 Å². The van der Waals surface area contributed by atoms with Gasteiger partial charge in [-0.25, -0.2) is 4.99 Å². The molecule has 2 aliphatic rings. The van der Waals surface area contributed by atoms with E-state index in [-0.39, 0.29) is 29.9 Å². The number of thiophene rings is 1. The van der Waals surface area contributed by atoms with Crippen LogP contribution >= 0.6 is 11.3 Å². The van der Waals surface area contributed by atoms with Crippen molar-refractivity contribution in [3.63, 3.8) is 0 Å². The minimum absolute atomic E-state index is 0. The number of anilines is 2. The summed E-state index contributed by atoms with van der Waals surface area (Å²) >= 11 is 1.78. The van der Waals surface area contributed by atoms with Gasteiger partial charge in [0.1, 0.15) is 10.8 Å². The van der Waals surface area contributed by atoms with Crippen LogP contribution in [0.3, 0.4) is 0 Å². The van der Waals surface area contributed by atoms with Crippen molar-refractivity contribution in [1.29, 1.82) is 0 Å². The first-order valence-electron chi connectivity index (χ1n) is 15.3. The molecule has 40 heavy (non-hydrogen) atoms. The molecule has 0 radical (unpaired) electrons. The van der Waals surface area contributed by atoms with E-state index < -0.39 is 0 Å². The average Bonchev–Trinajstić information content (AvgIpc) is 3.22. The summed E-state index contributed by atoms with van der Waals surface area (Å²) in [5.74, 6) is 1.01. The van der Waals surface area contributed by atoms with Gasteiger partial charge in [0, 0.05) is 11.3 Å². The van der Waals surface area contributed by atoms with Crippen LogP contribution in [-0.2, 0) is 9.53 Å². The molecule has 0 spiro atoms. The predicted molar refractivity (Wildman–Crippen MR) is 165 cm³/mol. The smallest absolute Gasteiger partial charge is 0.310 e. The normalized spacial score (nSPS) is 15.7. The molecule has 1 saturated heterocycles. The number of carbonyl (C=O) groups is 1. The van der Waals surface area contributed by atoms with Crippen LogP contribution < -0.4 is 29.3 Å². The monoisotopic (exact) mass is 680 g/mol. The quantitative estimate of drug-likeness (QED) is 0.130. The zero-order chi connectivity index (χ0) is 27.5. The summed E-state index contributed by atoms with van der Waals surface area (Å²) in [5.41, 5.74) is 3.22. The number of aryl methyl sites for hydroxylation is 1. The number of esters is 1. The SMILES string of the molecule is CCCCCCCCCCCCCC(=O)OC[N+]1(C)CCN(C2=Nc3ccccc3Nc3sc(C)cc32)CC1.[I-]. The Labute approximate surface area is 263 Å². The molecule has 1 aromatic heterocycles. The molecule has 0 atom stereocenters. The highest BCUT2D eigenvalue weighted by Crippen LogP contribution is 2.39. The Bertz CT molecular complexity index is 1090. The molecule has 1 fully saturated rings. The first-order chi connectivity index (χ1) is 19.0. The summed E-state index contributed by atoms with van der Waals surface area (Å²) in [4.78, 5) is 21.2. The molecule has 1 aromatic carbocycles. The highest BCUT2D eigenvalue weighted by atomic mass is 127. The molecule has 2 aliphatic heterocycles. The molecule has 1 N–H and O–H groups in total. The first-order valence-corrected chi connectivity index (χ1v) is 16.1. The molecule has 4 rings (SSSR count). The number of amidine groups is 1. The van der Waals surface area contributed by atoms with Crippen LogP contribution in [0.4, 0.5) is 16.4 Å². The van der Waals surface area contributed by atoms with E-state index in [1.165, 1.54) is 68.2 Å². The summed E-state index contributed by atoms with van der Waals surface area (Å²) in [6, 6.07) is 10.5. The third kappa shape index (κ3) is 9.72. The van der Waals surface area contributed by atoms with Crippen LogP contribution in [0.5, 0.6) is 0 Å². The van der Waals surface area contributed by atoms with E-state index in [1.807, 2.05) is 6.07 Å². The van der Waals surface area contributed by atoms with Crippen molar-refractivity contribution in [2.75, 3.05) is 45.3 Å². The molecule has 0 saturated carbocycles. The summed E-state index contributed by atoms with van der Waals surface area (Å²) in [5, 5.41) is 4.76. The van der Waals surface area contributed by atoms with Crippen LogP contribution in [0.2, 0.25) is 0 Å². The summed E-state index contributed by atoms with van der Waals surface area (Å²) in [6.07, 6.45) is 14.7. The number of nitrogens with zero attached hydrogens (tertiary/aromatic N) is 3. The second-order valence-corrected chi connectivity index (χ2v) is 12.9. The fourth-order valence-corrected chi connectivity index (χ4v) is 6.43. The van der Waals surface area contributed by atoms with Gasteiger partial charge >= 0.3 is 5.97 Å². The molecular weight excluding hydrogens is 631 g/mol. The molecule has 0 bridgehead atoms. The number of para-hydroxylation sites is 2. The number of nitrogens with one attached hydrogen (secondary N) is 1. The van der Waals surface area contributed by atoms with Crippen molar-refractivity contribution in [3.8, 4) is 0 Å². The lowest BCUT2D eigenvalue weighted by atomic mass is 10.1. The zero-order valence-corrected chi connectivity index (χ0v) is 27.8. The molecule has 0 unspecified atom stereocenters. The van der Waals surface area contributed by atoms with E-state index in [2.05, 4.69) is 55.4 Å². The van der Waals surface area contributed by atoms with E-state index in [0.717, 1.165) is 65.7 Å². The van der Waals surface area contributed by atoms with Gasteiger partial charge in [0.05, 0.1) is 50.2 Å². The number of ether oxygens (including phenoxy) is 1. The lowest BCUT2D eigenvalue weighted by Gasteiger charge is -2.42. The largest absolute Gasteiger partial charge is 1.00 e. The van der Waals surface area contributed by atoms with Crippen molar-refractivity contribution in [3.05, 3.63) is 40.8 Å². The third-order valence-electron chi connectivity index (χ3n) is 8.12. The number of halogens is 1. The molecule has 6 nitrogen and oxygen atoms in total. The van der Waals surface area contributed by atoms with Gasteiger partial charge in [-0.3, -0.25) is 9.28 Å². The summed E-state index contributed by atoms with van der Waals surface area (Å²) < 4.78 is 6.52. The molecular formula is C32H49IN4O2S. The van der Waals surface area contributed by atoms with Crippen molar-refractivity contribution >= 4 is 39.5 Å². The van der Waals surface area contributed by atoms with Crippen molar-refractivity contribution in [2.24, 2.45) is 4.99 Å². The van der Waals surface area contributed by atoms with Crippen molar-refractivity contribution < 1.29 is 38.0 Å². The molecule has 0 amide bonds. The topological polar surface area (TPSA) is 53.9 Å². The minimum Gasteiger partial charge on any atom is -1.00 e. The number of rotatable bonds is 14. The maximum atomic E-state index is 12.4. The van der Waals surface area contributed by atoms with Gasteiger partial charge < -0.3 is 38.9 Å². The van der Waals surface area contributed by atoms with Crippen LogP contribution in [0.15, 0.2) is 35.3 Å². The first kappa shape index (κ1) is 32.9. The Morgan fingerprint density at radius 2 is 1.62 bits per heavy atom. The predicted octanol–water partition coefficient (Wildman–Crippen LogP) is 5.16. The second kappa shape index (κ2) is 16.7. The number of benzene rings is 1. The number of likely N-dealkylation sites (N-methyl/N-ethyl adjacent to an activating group) is 1. The summed E-state index contributed by atoms with van der Waals surface area (Å²) in [6.45, 7) is 8.52. The number of carbonyl (C=O) groups excluding carboxylic acids is 1. The Kier molecular flexibility index (Phi) is 13.7. The Morgan fingerprint density at radius 1 is 1.00 bits per heavy atom. The minimum atomic E-state index is -0.0399. The lowest BCUT2D eigenvalue weighted by Crippen LogP contribution is -3.00. The van der Waals surface area contributed by atoms with E-state index in [0.29, 0.717) is 13.2 Å². The molecule has 8 heteroatoms. The standard InChI is InChI=1S/C32H49N4O2S.HI/c1-4-5-6-7-8-9-10-11-12-13-14-19-30(37)38-25-36(3)22-20-35(21-23-36)31-27-24-26(2)39-32(27)34-29-18-16-15-17-28(29)33-31;/h15-18,24,34H,4-14,19-23,25H2,1-3H3;1H/q+1;/p-1. The van der Waals surface area contributed by atoms with Crippen LogP contribution in [0.1, 0.15) is 94.4 Å². The number of unbranched alkanes of at least 4 members (excludes halogenated alkanes) is 10. The van der Waals surface area contributed by atoms with Gasteiger partial charge in [0.2, 0.25) is 6.73 Å². The van der Waals surface area contributed by atoms with Crippen LogP contribution in [0.25, 0.3) is 0 Å². The molecule has 222 valence electrons. The lowest BCUT2D eigenvalue weighted by molar-refractivity contribution is -0.929. The van der Waals surface area contributed by atoms with Crippen LogP contribution in [-0.4, -0.2) is 61.1 Å². The van der Waals surface area contributed by atoms with E-state index >= 15 is 0 Å². The fraction of sp³-hybridized carbons (Fsp3) is 0.625. The maximum absolute atomic E-state index is 12.4. The molecule has 0 aliphatic carbocycles. The van der Waals surface area contributed by atoms with Crippen molar-refractivity contribution in [2.45, 2.75) is 90.9 Å². The molecule has 2 aromatic rings. The number of hydrogen-bond acceptors (Lipinski definition) is 6. The van der Waals surface area contributed by atoms with Gasteiger partial charge in [-0.15, -0.1) is 11.3 Å². The van der Waals surface area contributed by atoms with Gasteiger partial charge in [-0.2, -0.15) is 0 Å². The Hall–Kier alpha value is -1.65. The van der Waals surface area contributed by atoms with Crippen LogP contribution in [0, 0.1) is 6.92 Å². The second-order valence-electron chi connectivity index (χ2n) is 11.7. The third-order valence-corrected chi connectivity index (χ3v) is 9.08. The Morgan fingerprint density at radius 3 is 2.30 bits per heavy atom. The van der Waals surface area contributed by atoms with Gasteiger partial charge in [0.15, 0.2) is 0 Å². The number of piperazine rings is 1. The summed E-state index contributed by atoms with van der Waals surface area (Å²) in [7, 11) is 2.21. The molecule has 3 heterocycles. The van der Waals surface area contributed by atoms with E-state index in [1.54, 1.807) is 11.3 Å². The highest BCUT2D eigenvalue weighted by Gasteiger charge is 2.33. The highest BCUT2D eigenvalue weighted by molar-refractivity contribution is 7.16. The average molecular weight is 681 g/mol. The van der Waals surface area contributed by atoms with Crippen molar-refractivity contribution in [1.82, 2.24) is 4.90 Å². The van der Waals surface area contributed by atoms with Gasteiger partial charge in [-0.1, -0.05) is 83.3 Å². The maximum Gasteiger partial charge on any atom is 0.310 e. The Balaban J connectivity index is 0.00000441. The number of hydrogen-bond donors (Lipinski definition) is 1. The number of quaternary nitrogens is 1. The zero-order valence-electron chi connectivity index (χ0n) is 24.9. The number of fused-ring (bicyclic) bond motifs is 2. The fourth-order valence-electron chi connectivity index (χ4n) is 5.51. The van der Waals surface area contributed by atoms with Gasteiger partial charge in [-0.05, 0) is 31.5 Å². The van der Waals surface area contributed by atoms with E-state index in [9.17, 15) is 4.79 Å².